The summed E-state index contributed by atoms with van der Waals surface area (Å²) in [7, 11) is 0. The monoisotopic (exact) mass is 327 g/mol. The van der Waals surface area contributed by atoms with Crippen molar-refractivity contribution in [3.8, 4) is 0 Å². The molecule has 0 amide bonds. The Labute approximate surface area is 144 Å². The SMILES string of the molecule is NCCCCCCCCCCCCCCCOC1CCCCO1. The lowest BCUT2D eigenvalue weighted by molar-refractivity contribution is -0.162. The molecule has 0 aromatic rings. The molecule has 1 heterocycles. The first-order valence-corrected chi connectivity index (χ1v) is 10.4. The van der Waals surface area contributed by atoms with E-state index >= 15 is 0 Å². The van der Waals surface area contributed by atoms with Gasteiger partial charge in [-0.15, -0.1) is 0 Å². The molecule has 3 nitrogen and oxygen atoms in total. The zero-order chi connectivity index (χ0) is 16.4. The van der Waals surface area contributed by atoms with E-state index in [0.29, 0.717) is 0 Å². The third-order valence-corrected chi connectivity index (χ3v) is 4.79. The Morgan fingerprint density at radius 1 is 0.696 bits per heavy atom. The topological polar surface area (TPSA) is 44.5 Å². The predicted molar refractivity (Wildman–Crippen MR) is 98.6 cm³/mol. The van der Waals surface area contributed by atoms with Crippen molar-refractivity contribution >= 4 is 0 Å². The second-order valence-corrected chi connectivity index (χ2v) is 7.05. The molecule has 138 valence electrons. The first-order valence-electron chi connectivity index (χ1n) is 10.4. The van der Waals surface area contributed by atoms with Gasteiger partial charge in [0, 0.05) is 13.2 Å². The van der Waals surface area contributed by atoms with Gasteiger partial charge in [0.25, 0.3) is 0 Å². The van der Waals surface area contributed by atoms with Crippen LogP contribution < -0.4 is 5.73 Å². The fraction of sp³-hybridized carbons (Fsp3) is 1.00. The van der Waals surface area contributed by atoms with E-state index in [0.717, 1.165) is 26.2 Å². The van der Waals surface area contributed by atoms with Crippen molar-refractivity contribution in [1.82, 2.24) is 0 Å². The highest BCUT2D eigenvalue weighted by Gasteiger charge is 2.13. The van der Waals surface area contributed by atoms with E-state index in [-0.39, 0.29) is 6.29 Å². The molecule has 1 saturated heterocycles. The molecule has 1 fully saturated rings. The lowest BCUT2D eigenvalue weighted by Gasteiger charge is -2.22. The molecule has 0 spiro atoms. The summed E-state index contributed by atoms with van der Waals surface area (Å²) in [6, 6.07) is 0. The van der Waals surface area contributed by atoms with Gasteiger partial charge in [-0.3, -0.25) is 0 Å². The highest BCUT2D eigenvalue weighted by Crippen LogP contribution is 2.15. The molecule has 0 bridgehead atoms. The lowest BCUT2D eigenvalue weighted by Crippen LogP contribution is -2.22. The number of rotatable bonds is 16. The Morgan fingerprint density at radius 2 is 1.22 bits per heavy atom. The molecule has 0 aromatic heterocycles. The number of hydrogen-bond donors (Lipinski definition) is 1. The largest absolute Gasteiger partial charge is 0.353 e. The van der Waals surface area contributed by atoms with E-state index in [2.05, 4.69) is 0 Å². The molecular weight excluding hydrogens is 286 g/mol. The van der Waals surface area contributed by atoms with Crippen LogP contribution >= 0.6 is 0 Å². The molecule has 1 unspecified atom stereocenters. The molecule has 1 rings (SSSR count). The van der Waals surface area contributed by atoms with Gasteiger partial charge in [0.2, 0.25) is 0 Å². The van der Waals surface area contributed by atoms with Crippen molar-refractivity contribution in [3.63, 3.8) is 0 Å². The third-order valence-electron chi connectivity index (χ3n) is 4.79. The number of unbranched alkanes of at least 4 members (excludes halogenated alkanes) is 12. The Bertz CT molecular complexity index is 230. The van der Waals surface area contributed by atoms with Crippen LogP contribution in [0.15, 0.2) is 0 Å². The summed E-state index contributed by atoms with van der Waals surface area (Å²) >= 11 is 0. The maximum atomic E-state index is 5.76. The molecule has 0 radical (unpaired) electrons. The van der Waals surface area contributed by atoms with Gasteiger partial charge >= 0.3 is 0 Å². The van der Waals surface area contributed by atoms with E-state index in [9.17, 15) is 0 Å². The minimum Gasteiger partial charge on any atom is -0.353 e. The first kappa shape index (κ1) is 20.9. The van der Waals surface area contributed by atoms with Crippen LogP contribution in [-0.4, -0.2) is 26.0 Å². The van der Waals surface area contributed by atoms with Gasteiger partial charge < -0.3 is 15.2 Å². The maximum Gasteiger partial charge on any atom is 0.157 e. The summed E-state index contributed by atoms with van der Waals surface area (Å²) < 4.78 is 11.3. The summed E-state index contributed by atoms with van der Waals surface area (Å²) in [5, 5.41) is 0. The van der Waals surface area contributed by atoms with E-state index in [1.165, 1.54) is 96.3 Å². The average molecular weight is 328 g/mol. The molecule has 23 heavy (non-hydrogen) atoms. The fourth-order valence-electron chi connectivity index (χ4n) is 3.25. The van der Waals surface area contributed by atoms with Crippen molar-refractivity contribution in [1.29, 1.82) is 0 Å². The first-order chi connectivity index (χ1) is 11.4. The van der Waals surface area contributed by atoms with Gasteiger partial charge in [0.1, 0.15) is 0 Å². The van der Waals surface area contributed by atoms with Gasteiger partial charge in [0.15, 0.2) is 6.29 Å². The van der Waals surface area contributed by atoms with Crippen molar-refractivity contribution in [3.05, 3.63) is 0 Å². The summed E-state index contributed by atoms with van der Waals surface area (Å²) in [6.45, 7) is 2.63. The minimum atomic E-state index is 0.0963. The molecular formula is C20H41NO2. The lowest BCUT2D eigenvalue weighted by atomic mass is 10.0. The van der Waals surface area contributed by atoms with Crippen LogP contribution in [0.5, 0.6) is 0 Å². The second kappa shape index (κ2) is 16.7. The normalized spacial score (nSPS) is 18.4. The van der Waals surface area contributed by atoms with Crippen molar-refractivity contribution in [2.75, 3.05) is 19.8 Å². The average Bonchev–Trinajstić information content (AvgIpc) is 2.59. The summed E-state index contributed by atoms with van der Waals surface area (Å²) in [5.41, 5.74) is 5.50. The Morgan fingerprint density at radius 3 is 1.70 bits per heavy atom. The number of ether oxygens (including phenoxy) is 2. The number of hydrogen-bond acceptors (Lipinski definition) is 3. The number of nitrogens with two attached hydrogens (primary N) is 1. The third kappa shape index (κ3) is 14.0. The summed E-state index contributed by atoms with van der Waals surface area (Å²) in [4.78, 5) is 0. The standard InChI is InChI=1S/C20H41NO2/c21-17-13-10-8-6-4-2-1-3-5-7-9-11-14-18-22-20-16-12-15-19-23-20/h20H,1-19,21H2. The molecule has 3 heteroatoms. The van der Waals surface area contributed by atoms with Crippen LogP contribution in [0, 0.1) is 0 Å². The quantitative estimate of drug-likeness (QED) is 0.377. The van der Waals surface area contributed by atoms with Crippen LogP contribution in [0.3, 0.4) is 0 Å². The van der Waals surface area contributed by atoms with Crippen molar-refractivity contribution in [2.24, 2.45) is 5.73 Å². The highest BCUT2D eigenvalue weighted by molar-refractivity contribution is 4.54. The zero-order valence-corrected chi connectivity index (χ0v) is 15.4. The Kier molecular flexibility index (Phi) is 15.2. The van der Waals surface area contributed by atoms with Crippen LogP contribution in [-0.2, 0) is 9.47 Å². The maximum absolute atomic E-state index is 5.76. The zero-order valence-electron chi connectivity index (χ0n) is 15.4. The van der Waals surface area contributed by atoms with Crippen LogP contribution in [0.4, 0.5) is 0 Å². The van der Waals surface area contributed by atoms with Crippen LogP contribution in [0.25, 0.3) is 0 Å². The molecule has 1 aliphatic rings. The molecule has 1 atom stereocenters. The molecule has 0 aliphatic carbocycles. The molecule has 0 saturated carbocycles. The second-order valence-electron chi connectivity index (χ2n) is 7.05. The van der Waals surface area contributed by atoms with Gasteiger partial charge in [-0.25, -0.2) is 0 Å². The van der Waals surface area contributed by atoms with Gasteiger partial charge in [0.05, 0.1) is 0 Å². The predicted octanol–water partition coefficient (Wildman–Crippen LogP) is 5.56. The van der Waals surface area contributed by atoms with Crippen LogP contribution in [0.1, 0.15) is 103 Å². The highest BCUT2D eigenvalue weighted by atomic mass is 16.7. The van der Waals surface area contributed by atoms with Crippen LogP contribution in [0.2, 0.25) is 0 Å². The Hall–Kier alpha value is -0.120. The smallest absolute Gasteiger partial charge is 0.157 e. The van der Waals surface area contributed by atoms with E-state index < -0.39 is 0 Å². The summed E-state index contributed by atoms with van der Waals surface area (Å²) in [6.07, 6.45) is 21.4. The van der Waals surface area contributed by atoms with Gasteiger partial charge in [-0.2, -0.15) is 0 Å². The summed E-state index contributed by atoms with van der Waals surface area (Å²) in [5.74, 6) is 0. The van der Waals surface area contributed by atoms with Gasteiger partial charge in [-0.05, 0) is 38.6 Å². The van der Waals surface area contributed by atoms with Crippen molar-refractivity contribution < 1.29 is 9.47 Å². The molecule has 1 aliphatic heterocycles. The van der Waals surface area contributed by atoms with Crippen molar-refractivity contribution in [2.45, 2.75) is 109 Å². The fourth-order valence-corrected chi connectivity index (χ4v) is 3.25. The van der Waals surface area contributed by atoms with E-state index in [1.807, 2.05) is 0 Å². The minimum absolute atomic E-state index is 0.0963. The van der Waals surface area contributed by atoms with E-state index in [4.69, 9.17) is 15.2 Å². The van der Waals surface area contributed by atoms with Gasteiger partial charge in [-0.1, -0.05) is 70.6 Å². The Balaban J connectivity index is 1.67. The molecule has 2 N–H and O–H groups in total. The van der Waals surface area contributed by atoms with E-state index in [1.54, 1.807) is 0 Å². The molecule has 0 aromatic carbocycles.